The lowest BCUT2D eigenvalue weighted by Gasteiger charge is -2.26. The quantitative estimate of drug-likeness (QED) is 0.413. The highest BCUT2D eigenvalue weighted by atomic mass is 16.6. The molecule has 198 valence electrons. The largest absolute Gasteiger partial charge is 0.464 e. The first-order chi connectivity index (χ1) is 18.2. The molecule has 1 aromatic heterocycles. The molecule has 3 aromatic rings. The minimum Gasteiger partial charge on any atom is -0.464 e. The fraction of sp³-hybridized carbons (Fsp3) is 0.452. The molecule has 1 saturated carbocycles. The fourth-order valence-corrected chi connectivity index (χ4v) is 6.02. The van der Waals surface area contributed by atoms with E-state index in [-0.39, 0.29) is 17.9 Å². The molecule has 1 aliphatic carbocycles. The third kappa shape index (κ3) is 4.59. The number of fused-ring (bicyclic) bond motifs is 1. The van der Waals surface area contributed by atoms with Gasteiger partial charge in [0.2, 0.25) is 0 Å². The molecular weight excluding hydrogens is 478 g/mol. The average Bonchev–Trinajstić information content (AvgIpc) is 3.68. The smallest absolute Gasteiger partial charge is 0.410 e. The van der Waals surface area contributed by atoms with Gasteiger partial charge >= 0.3 is 6.09 Å². The molecule has 2 aromatic carbocycles. The van der Waals surface area contributed by atoms with Gasteiger partial charge in [0.15, 0.2) is 0 Å². The molecule has 3 heterocycles. The first kappa shape index (κ1) is 24.7. The van der Waals surface area contributed by atoms with Gasteiger partial charge in [-0.05, 0) is 75.3 Å². The topological polar surface area (TPSA) is 75.3 Å². The minimum atomic E-state index is -0.621. The number of aliphatic imine (C=N–C) groups is 1. The van der Waals surface area contributed by atoms with Crippen molar-refractivity contribution in [3.05, 3.63) is 60.4 Å². The molecule has 7 nitrogen and oxygen atoms in total. The Morgan fingerprint density at radius 3 is 2.50 bits per heavy atom. The van der Waals surface area contributed by atoms with E-state index in [0.29, 0.717) is 19.6 Å². The number of furan rings is 1. The fourth-order valence-electron chi connectivity index (χ4n) is 6.02. The molecule has 2 aliphatic heterocycles. The van der Waals surface area contributed by atoms with Crippen LogP contribution in [-0.2, 0) is 9.53 Å². The lowest BCUT2D eigenvalue weighted by atomic mass is 9.97. The van der Waals surface area contributed by atoms with Gasteiger partial charge in [0.1, 0.15) is 22.6 Å². The molecular formula is C31H35N3O4. The summed E-state index contributed by atoms with van der Waals surface area (Å²) in [5.41, 5.74) is 2.91. The SMILES string of the molecule is CC(C)(C)OC(=O)N1CCC(CN2C(=O)C3(CCCC3)N=C2c2ccc(-c3ccc4occc4c3)cc2)C1. The standard InChI is InChI=1S/C31H35N3O4/c1-30(2,3)38-29(36)33-16-12-21(19-33)20-34-27(32-31(28(34)35)14-4-5-15-31)23-8-6-22(7-9-23)24-10-11-26-25(18-24)13-17-37-26/h6-11,13,17-18,21H,4-5,12,14-16,19-20H2,1-3H3. The van der Waals surface area contributed by atoms with Crippen molar-refractivity contribution in [2.24, 2.45) is 10.9 Å². The summed E-state index contributed by atoms with van der Waals surface area (Å²) in [6, 6.07) is 16.5. The van der Waals surface area contributed by atoms with E-state index < -0.39 is 11.1 Å². The van der Waals surface area contributed by atoms with Crippen LogP contribution in [0.25, 0.3) is 22.1 Å². The molecule has 2 amide bonds. The average molecular weight is 514 g/mol. The monoisotopic (exact) mass is 513 g/mol. The molecule has 0 bridgehead atoms. The van der Waals surface area contributed by atoms with Crippen LogP contribution >= 0.6 is 0 Å². The lowest BCUT2D eigenvalue weighted by molar-refractivity contribution is -0.131. The van der Waals surface area contributed by atoms with Crippen molar-refractivity contribution in [1.82, 2.24) is 9.80 Å². The number of likely N-dealkylation sites (tertiary alicyclic amines) is 1. The predicted molar refractivity (Wildman–Crippen MR) is 147 cm³/mol. The van der Waals surface area contributed by atoms with Crippen LogP contribution < -0.4 is 0 Å². The minimum absolute atomic E-state index is 0.121. The van der Waals surface area contributed by atoms with E-state index in [2.05, 4.69) is 36.4 Å². The van der Waals surface area contributed by atoms with Crippen molar-refractivity contribution in [2.45, 2.75) is 64.0 Å². The van der Waals surface area contributed by atoms with E-state index in [1.54, 1.807) is 11.2 Å². The second kappa shape index (κ2) is 9.29. The number of amides is 2. The maximum Gasteiger partial charge on any atom is 0.410 e. The van der Waals surface area contributed by atoms with Crippen LogP contribution in [0.4, 0.5) is 4.79 Å². The normalized spacial score (nSPS) is 21.1. The highest BCUT2D eigenvalue weighted by Crippen LogP contribution is 2.40. The molecule has 1 unspecified atom stereocenters. The van der Waals surface area contributed by atoms with E-state index in [9.17, 15) is 9.59 Å². The van der Waals surface area contributed by atoms with E-state index in [1.165, 1.54) is 0 Å². The van der Waals surface area contributed by atoms with Gasteiger partial charge in [-0.25, -0.2) is 4.79 Å². The summed E-state index contributed by atoms with van der Waals surface area (Å²) in [5, 5.41) is 1.07. The maximum absolute atomic E-state index is 13.8. The van der Waals surface area contributed by atoms with E-state index in [0.717, 1.165) is 65.6 Å². The Morgan fingerprint density at radius 2 is 1.76 bits per heavy atom. The molecule has 1 atom stereocenters. The van der Waals surface area contributed by atoms with Crippen LogP contribution in [0, 0.1) is 5.92 Å². The molecule has 7 heteroatoms. The van der Waals surface area contributed by atoms with Crippen LogP contribution in [0.3, 0.4) is 0 Å². The van der Waals surface area contributed by atoms with E-state index in [1.807, 2.05) is 37.8 Å². The Morgan fingerprint density at radius 1 is 1.05 bits per heavy atom. The third-order valence-corrected chi connectivity index (χ3v) is 7.96. The Kier molecular flexibility index (Phi) is 6.04. The molecule has 3 aliphatic rings. The number of carbonyl (C=O) groups excluding carboxylic acids is 2. The molecule has 6 rings (SSSR count). The maximum atomic E-state index is 13.8. The summed E-state index contributed by atoms with van der Waals surface area (Å²) in [7, 11) is 0. The summed E-state index contributed by atoms with van der Waals surface area (Å²) in [6.07, 6.45) is 5.95. The Bertz CT molecular complexity index is 1390. The van der Waals surface area contributed by atoms with Gasteiger partial charge in [0.05, 0.1) is 6.26 Å². The summed E-state index contributed by atoms with van der Waals surface area (Å²) >= 11 is 0. The Hall–Kier alpha value is -3.61. The zero-order valence-electron chi connectivity index (χ0n) is 22.4. The van der Waals surface area contributed by atoms with Crippen LogP contribution in [0.5, 0.6) is 0 Å². The molecule has 0 N–H and O–H groups in total. The second-order valence-electron chi connectivity index (χ2n) is 11.9. The molecule has 38 heavy (non-hydrogen) atoms. The summed E-state index contributed by atoms with van der Waals surface area (Å²) in [5.74, 6) is 1.08. The molecule has 2 fully saturated rings. The van der Waals surface area contributed by atoms with Crippen molar-refractivity contribution >= 4 is 28.8 Å². The van der Waals surface area contributed by atoms with Gasteiger partial charge < -0.3 is 14.1 Å². The lowest BCUT2D eigenvalue weighted by Crippen LogP contribution is -2.44. The van der Waals surface area contributed by atoms with Crippen molar-refractivity contribution < 1.29 is 18.7 Å². The van der Waals surface area contributed by atoms with E-state index >= 15 is 0 Å². The zero-order chi connectivity index (χ0) is 26.5. The van der Waals surface area contributed by atoms with Crippen molar-refractivity contribution in [2.75, 3.05) is 19.6 Å². The van der Waals surface area contributed by atoms with Crippen molar-refractivity contribution in [3.63, 3.8) is 0 Å². The number of ether oxygens (including phenoxy) is 1. The predicted octanol–water partition coefficient (Wildman–Crippen LogP) is 6.26. The first-order valence-electron chi connectivity index (χ1n) is 13.7. The van der Waals surface area contributed by atoms with Gasteiger partial charge in [0, 0.05) is 30.6 Å². The summed E-state index contributed by atoms with van der Waals surface area (Å²) in [4.78, 5) is 35.2. The third-order valence-electron chi connectivity index (χ3n) is 7.96. The number of benzene rings is 2. The first-order valence-corrected chi connectivity index (χ1v) is 13.7. The number of rotatable bonds is 4. The van der Waals surface area contributed by atoms with Gasteiger partial charge in [0.25, 0.3) is 5.91 Å². The van der Waals surface area contributed by atoms with Crippen LogP contribution in [0.15, 0.2) is 64.2 Å². The second-order valence-corrected chi connectivity index (χ2v) is 11.9. The molecule has 0 radical (unpaired) electrons. The van der Waals surface area contributed by atoms with Crippen LogP contribution in [-0.4, -0.2) is 58.4 Å². The van der Waals surface area contributed by atoms with Crippen LogP contribution in [0.1, 0.15) is 58.4 Å². The number of carbonyl (C=O) groups is 2. The Balaban J connectivity index is 1.23. The van der Waals surface area contributed by atoms with Crippen molar-refractivity contribution in [3.8, 4) is 11.1 Å². The van der Waals surface area contributed by atoms with Crippen LogP contribution in [0.2, 0.25) is 0 Å². The van der Waals surface area contributed by atoms with Crippen molar-refractivity contribution in [1.29, 1.82) is 0 Å². The van der Waals surface area contributed by atoms with E-state index in [4.69, 9.17) is 14.1 Å². The molecule has 1 saturated heterocycles. The van der Waals surface area contributed by atoms with Gasteiger partial charge in [-0.2, -0.15) is 0 Å². The summed E-state index contributed by atoms with van der Waals surface area (Å²) in [6.45, 7) is 7.45. The highest BCUT2D eigenvalue weighted by Gasteiger charge is 2.50. The van der Waals surface area contributed by atoms with Gasteiger partial charge in [-0.15, -0.1) is 0 Å². The number of nitrogens with zero attached hydrogens (tertiary/aromatic N) is 3. The Labute approximate surface area is 223 Å². The molecule has 1 spiro atoms. The summed E-state index contributed by atoms with van der Waals surface area (Å²) < 4.78 is 11.0. The zero-order valence-corrected chi connectivity index (χ0v) is 22.4. The number of hydrogen-bond acceptors (Lipinski definition) is 5. The number of amidine groups is 1. The highest BCUT2D eigenvalue weighted by molar-refractivity contribution is 6.15. The van der Waals surface area contributed by atoms with Gasteiger partial charge in [-0.3, -0.25) is 14.7 Å². The number of hydrogen-bond donors (Lipinski definition) is 0. The van der Waals surface area contributed by atoms with Gasteiger partial charge in [-0.1, -0.05) is 43.2 Å².